The Kier molecular flexibility index (Phi) is 3.78. The molecule has 2 aromatic carbocycles. The van der Waals surface area contributed by atoms with E-state index in [1.54, 1.807) is 36.1 Å². The molecule has 2 aromatic rings. The van der Waals surface area contributed by atoms with Crippen LogP contribution < -0.4 is 10.2 Å². The number of phenols is 1. The van der Waals surface area contributed by atoms with E-state index in [4.69, 9.17) is 0 Å². The maximum atomic E-state index is 12.3. The number of nitrogens with one attached hydrogen (secondary N) is 1. The summed E-state index contributed by atoms with van der Waals surface area (Å²) in [6.45, 7) is 4.06. The zero-order valence-corrected chi connectivity index (χ0v) is 13.1. The second-order valence-corrected chi connectivity index (χ2v) is 5.74. The molecule has 0 saturated carbocycles. The minimum atomic E-state index is -0.358. The van der Waals surface area contributed by atoms with Gasteiger partial charge in [-0.3, -0.25) is 9.59 Å². The van der Waals surface area contributed by atoms with Crippen LogP contribution in [0.15, 0.2) is 36.4 Å². The first-order chi connectivity index (χ1) is 11.0. The van der Waals surface area contributed by atoms with Crippen LogP contribution in [0.4, 0.5) is 11.4 Å². The van der Waals surface area contributed by atoms with Crippen molar-refractivity contribution >= 4 is 23.2 Å². The van der Waals surface area contributed by atoms with Crippen LogP contribution >= 0.6 is 0 Å². The molecular formula is C18H18N2O3. The number of aromatic hydroxyl groups is 1. The normalized spacial score (nSPS) is 12.9. The zero-order chi connectivity index (χ0) is 16.6. The van der Waals surface area contributed by atoms with Crippen LogP contribution in [0.1, 0.15) is 28.4 Å². The maximum absolute atomic E-state index is 12.3. The highest BCUT2D eigenvalue weighted by Crippen LogP contribution is 2.31. The van der Waals surface area contributed by atoms with Gasteiger partial charge in [-0.2, -0.15) is 0 Å². The van der Waals surface area contributed by atoms with E-state index in [2.05, 4.69) is 5.32 Å². The standard InChI is InChI=1S/C18H18N2O3/c1-11-3-5-15(17(22)9-11)18(23)19-14-4-6-16-13(10-14)7-8-20(16)12(2)21/h3-6,9-10,22H,7-8H2,1-2H3,(H,19,23). The van der Waals surface area contributed by atoms with Gasteiger partial charge in [-0.15, -0.1) is 0 Å². The predicted molar refractivity (Wildman–Crippen MR) is 89.0 cm³/mol. The van der Waals surface area contributed by atoms with Crippen molar-refractivity contribution in [2.75, 3.05) is 16.8 Å². The van der Waals surface area contributed by atoms with Crippen molar-refractivity contribution in [3.63, 3.8) is 0 Å². The summed E-state index contributed by atoms with van der Waals surface area (Å²) in [7, 11) is 0. The predicted octanol–water partition coefficient (Wildman–Crippen LogP) is 2.86. The average molecular weight is 310 g/mol. The Morgan fingerprint density at radius 3 is 2.65 bits per heavy atom. The lowest BCUT2D eigenvalue weighted by atomic mass is 10.1. The van der Waals surface area contributed by atoms with Gasteiger partial charge in [-0.1, -0.05) is 6.07 Å². The molecule has 0 saturated heterocycles. The van der Waals surface area contributed by atoms with Gasteiger partial charge in [0.15, 0.2) is 0 Å². The van der Waals surface area contributed by atoms with Crippen molar-refractivity contribution in [1.29, 1.82) is 0 Å². The Morgan fingerprint density at radius 2 is 1.96 bits per heavy atom. The first kappa shape index (κ1) is 15.1. The van der Waals surface area contributed by atoms with E-state index in [1.807, 2.05) is 19.1 Å². The molecule has 118 valence electrons. The lowest BCUT2D eigenvalue weighted by molar-refractivity contribution is -0.116. The van der Waals surface area contributed by atoms with E-state index in [-0.39, 0.29) is 23.1 Å². The van der Waals surface area contributed by atoms with Gasteiger partial charge < -0.3 is 15.3 Å². The summed E-state index contributed by atoms with van der Waals surface area (Å²) >= 11 is 0. The Balaban J connectivity index is 1.81. The van der Waals surface area contributed by atoms with E-state index in [0.29, 0.717) is 12.2 Å². The number of carbonyl (C=O) groups is 2. The van der Waals surface area contributed by atoms with E-state index < -0.39 is 0 Å². The van der Waals surface area contributed by atoms with Gasteiger partial charge in [0, 0.05) is 24.8 Å². The molecule has 2 N–H and O–H groups in total. The number of carbonyl (C=O) groups excluding carboxylic acids is 2. The number of fused-ring (bicyclic) bond motifs is 1. The summed E-state index contributed by atoms with van der Waals surface area (Å²) in [5.74, 6) is -0.375. The van der Waals surface area contributed by atoms with Gasteiger partial charge in [0.2, 0.25) is 5.91 Å². The molecule has 1 aliphatic heterocycles. The van der Waals surface area contributed by atoms with Crippen molar-refractivity contribution in [1.82, 2.24) is 0 Å². The SMILES string of the molecule is CC(=O)N1CCc2cc(NC(=O)c3ccc(C)cc3O)ccc21. The van der Waals surface area contributed by atoms with Crippen molar-refractivity contribution < 1.29 is 14.7 Å². The molecule has 2 amide bonds. The van der Waals surface area contributed by atoms with Crippen LogP contribution in [0.3, 0.4) is 0 Å². The molecule has 0 aliphatic carbocycles. The molecule has 0 unspecified atom stereocenters. The Bertz CT molecular complexity index is 799. The van der Waals surface area contributed by atoms with Crippen molar-refractivity contribution in [2.45, 2.75) is 20.3 Å². The minimum Gasteiger partial charge on any atom is -0.507 e. The van der Waals surface area contributed by atoms with Gasteiger partial charge >= 0.3 is 0 Å². The van der Waals surface area contributed by atoms with Gasteiger partial charge in [0.1, 0.15) is 5.75 Å². The number of amides is 2. The molecule has 1 aliphatic rings. The lowest BCUT2D eigenvalue weighted by Crippen LogP contribution is -2.25. The Hall–Kier alpha value is -2.82. The Labute approximate surface area is 134 Å². The van der Waals surface area contributed by atoms with Crippen LogP contribution in [0.2, 0.25) is 0 Å². The summed E-state index contributed by atoms with van der Waals surface area (Å²) in [6.07, 6.45) is 0.772. The molecule has 1 heterocycles. The second-order valence-electron chi connectivity index (χ2n) is 5.74. The zero-order valence-electron chi connectivity index (χ0n) is 13.1. The quantitative estimate of drug-likeness (QED) is 0.896. The Morgan fingerprint density at radius 1 is 1.17 bits per heavy atom. The molecule has 0 bridgehead atoms. The van der Waals surface area contributed by atoms with E-state index in [9.17, 15) is 14.7 Å². The number of rotatable bonds is 2. The largest absolute Gasteiger partial charge is 0.507 e. The summed E-state index contributed by atoms with van der Waals surface area (Å²) in [5, 5.41) is 12.7. The van der Waals surface area contributed by atoms with Crippen molar-refractivity contribution in [3.8, 4) is 5.75 Å². The third-order valence-electron chi connectivity index (χ3n) is 4.01. The average Bonchev–Trinajstić information content (AvgIpc) is 2.90. The number of anilines is 2. The van der Waals surface area contributed by atoms with Crippen LogP contribution in [0.25, 0.3) is 0 Å². The van der Waals surface area contributed by atoms with Crippen molar-refractivity contribution in [3.05, 3.63) is 53.1 Å². The number of hydrogen-bond acceptors (Lipinski definition) is 3. The van der Waals surface area contributed by atoms with Crippen LogP contribution in [-0.2, 0) is 11.2 Å². The smallest absolute Gasteiger partial charge is 0.259 e. The molecule has 3 rings (SSSR count). The number of aryl methyl sites for hydroxylation is 1. The maximum Gasteiger partial charge on any atom is 0.259 e. The summed E-state index contributed by atoms with van der Waals surface area (Å²) in [5.41, 5.74) is 3.71. The number of benzene rings is 2. The fourth-order valence-electron chi connectivity index (χ4n) is 2.84. The number of phenolic OH excluding ortho intramolecular Hbond substituents is 1. The fourth-order valence-corrected chi connectivity index (χ4v) is 2.84. The first-order valence-electron chi connectivity index (χ1n) is 7.47. The third kappa shape index (κ3) is 2.90. The highest BCUT2D eigenvalue weighted by molar-refractivity contribution is 6.06. The van der Waals surface area contributed by atoms with Gasteiger partial charge in [0.05, 0.1) is 5.56 Å². The molecule has 0 radical (unpaired) electrons. The van der Waals surface area contributed by atoms with Gasteiger partial charge in [-0.25, -0.2) is 0 Å². The molecule has 5 nitrogen and oxygen atoms in total. The first-order valence-corrected chi connectivity index (χ1v) is 7.47. The molecule has 0 spiro atoms. The summed E-state index contributed by atoms with van der Waals surface area (Å²) in [6, 6.07) is 10.4. The molecule has 0 fully saturated rings. The molecular weight excluding hydrogens is 292 g/mol. The van der Waals surface area contributed by atoms with E-state index >= 15 is 0 Å². The second kappa shape index (κ2) is 5.76. The minimum absolute atomic E-state index is 0.0186. The third-order valence-corrected chi connectivity index (χ3v) is 4.01. The van der Waals surface area contributed by atoms with Crippen LogP contribution in [0, 0.1) is 6.92 Å². The van der Waals surface area contributed by atoms with Crippen LogP contribution in [0.5, 0.6) is 5.75 Å². The fraction of sp³-hybridized carbons (Fsp3) is 0.222. The topological polar surface area (TPSA) is 69.6 Å². The van der Waals surface area contributed by atoms with Gasteiger partial charge in [-0.05, 0) is 54.8 Å². The summed E-state index contributed by atoms with van der Waals surface area (Å²) < 4.78 is 0. The van der Waals surface area contributed by atoms with E-state index in [1.165, 1.54) is 0 Å². The lowest BCUT2D eigenvalue weighted by Gasteiger charge is -2.15. The molecule has 0 atom stereocenters. The number of hydrogen-bond donors (Lipinski definition) is 2. The van der Waals surface area contributed by atoms with E-state index in [0.717, 1.165) is 23.2 Å². The molecule has 23 heavy (non-hydrogen) atoms. The van der Waals surface area contributed by atoms with Crippen LogP contribution in [-0.4, -0.2) is 23.5 Å². The highest BCUT2D eigenvalue weighted by Gasteiger charge is 2.22. The summed E-state index contributed by atoms with van der Waals surface area (Å²) in [4.78, 5) is 25.6. The van der Waals surface area contributed by atoms with Gasteiger partial charge in [0.25, 0.3) is 5.91 Å². The highest BCUT2D eigenvalue weighted by atomic mass is 16.3. The van der Waals surface area contributed by atoms with Crippen molar-refractivity contribution in [2.24, 2.45) is 0 Å². The number of nitrogens with zero attached hydrogens (tertiary/aromatic N) is 1. The molecule has 5 heteroatoms. The monoisotopic (exact) mass is 310 g/mol. The molecule has 0 aromatic heterocycles.